The molecule has 0 saturated carbocycles. The number of hydrogen-bond donors (Lipinski definition) is 1. The molecule has 6 heteroatoms. The van der Waals surface area contributed by atoms with E-state index in [1.54, 1.807) is 29.8 Å². The Morgan fingerprint density at radius 1 is 1.22 bits per heavy atom. The molecule has 23 heavy (non-hydrogen) atoms. The molecule has 0 aliphatic heterocycles. The molecule has 2 aromatic heterocycles. The van der Waals surface area contributed by atoms with E-state index >= 15 is 0 Å². The molecule has 0 radical (unpaired) electrons. The second-order valence-electron chi connectivity index (χ2n) is 5.32. The summed E-state index contributed by atoms with van der Waals surface area (Å²) in [6.07, 6.45) is 6.71. The van der Waals surface area contributed by atoms with Crippen LogP contribution >= 0.6 is 0 Å². The van der Waals surface area contributed by atoms with Crippen LogP contribution in [0, 0.1) is 6.92 Å². The highest BCUT2D eigenvalue weighted by Gasteiger charge is 2.12. The van der Waals surface area contributed by atoms with Crippen molar-refractivity contribution in [1.82, 2.24) is 9.13 Å². The minimum absolute atomic E-state index is 0.174. The van der Waals surface area contributed by atoms with Crippen molar-refractivity contribution in [3.63, 3.8) is 0 Å². The monoisotopic (exact) mass is 315 g/mol. The molecular weight excluding hydrogens is 294 g/mol. The number of hydrogen-bond acceptors (Lipinski definition) is 3. The molecule has 0 spiro atoms. The lowest BCUT2D eigenvalue weighted by atomic mass is 10.3. The first-order chi connectivity index (χ1) is 10.9. The number of nitrogens with zero attached hydrogens (tertiary/aromatic N) is 2. The highest BCUT2D eigenvalue weighted by molar-refractivity contribution is 6.03. The Balaban J connectivity index is 2.10. The molecule has 0 aliphatic carbocycles. The fraction of sp³-hybridized carbons (Fsp3) is 0.294. The molecule has 2 heterocycles. The molecule has 0 unspecified atom stereocenters. The normalized spacial score (nSPS) is 11.0. The number of ether oxygens (including phenoxy) is 1. The van der Waals surface area contributed by atoms with Gasteiger partial charge in [-0.3, -0.25) is 4.79 Å². The number of anilines is 1. The van der Waals surface area contributed by atoms with Crippen LogP contribution in [0.4, 0.5) is 5.69 Å². The van der Waals surface area contributed by atoms with E-state index in [1.807, 2.05) is 37.8 Å². The summed E-state index contributed by atoms with van der Waals surface area (Å²) >= 11 is 0. The van der Waals surface area contributed by atoms with E-state index in [0.717, 1.165) is 11.3 Å². The van der Waals surface area contributed by atoms with Crippen LogP contribution < -0.4 is 5.32 Å². The van der Waals surface area contributed by atoms with E-state index in [1.165, 1.54) is 6.08 Å². The summed E-state index contributed by atoms with van der Waals surface area (Å²) in [4.78, 5) is 23.6. The van der Waals surface area contributed by atoms with Gasteiger partial charge in [0.1, 0.15) is 5.69 Å². The highest BCUT2D eigenvalue weighted by atomic mass is 16.5. The first-order valence-corrected chi connectivity index (χ1v) is 7.36. The van der Waals surface area contributed by atoms with Gasteiger partial charge in [-0.1, -0.05) is 0 Å². The molecule has 0 saturated heterocycles. The zero-order valence-corrected chi connectivity index (χ0v) is 13.8. The molecule has 2 aromatic rings. The minimum Gasteiger partial charge on any atom is -0.463 e. The molecule has 0 fully saturated rings. The highest BCUT2D eigenvalue weighted by Crippen LogP contribution is 2.16. The summed E-state index contributed by atoms with van der Waals surface area (Å²) in [6, 6.07) is 3.63. The lowest BCUT2D eigenvalue weighted by Gasteiger charge is -2.03. The van der Waals surface area contributed by atoms with E-state index in [9.17, 15) is 9.59 Å². The number of esters is 1. The van der Waals surface area contributed by atoms with Gasteiger partial charge in [-0.2, -0.15) is 0 Å². The number of carbonyl (C=O) groups is 2. The Bertz CT molecular complexity index is 753. The third-order valence-electron chi connectivity index (χ3n) is 3.35. The largest absolute Gasteiger partial charge is 0.463 e. The van der Waals surface area contributed by atoms with Crippen molar-refractivity contribution in [2.24, 2.45) is 14.1 Å². The topological polar surface area (TPSA) is 65.3 Å². The number of nitrogens with one attached hydrogen (secondary N) is 1. The molecule has 122 valence electrons. The van der Waals surface area contributed by atoms with Gasteiger partial charge in [0.05, 0.1) is 12.3 Å². The van der Waals surface area contributed by atoms with Gasteiger partial charge < -0.3 is 19.2 Å². The number of amides is 1. The van der Waals surface area contributed by atoms with Crippen molar-refractivity contribution < 1.29 is 14.3 Å². The second kappa shape index (κ2) is 7.00. The maximum atomic E-state index is 12.3. The Morgan fingerprint density at radius 2 is 1.96 bits per heavy atom. The maximum Gasteiger partial charge on any atom is 0.330 e. The Hall–Kier alpha value is -2.76. The van der Waals surface area contributed by atoms with Crippen molar-refractivity contribution in [1.29, 1.82) is 0 Å². The molecule has 0 atom stereocenters. The van der Waals surface area contributed by atoms with Gasteiger partial charge in [0.15, 0.2) is 0 Å². The summed E-state index contributed by atoms with van der Waals surface area (Å²) in [6.45, 7) is 4.04. The Kier molecular flexibility index (Phi) is 5.05. The van der Waals surface area contributed by atoms with E-state index in [0.29, 0.717) is 18.0 Å². The quantitative estimate of drug-likeness (QED) is 0.681. The molecule has 1 N–H and O–H groups in total. The summed E-state index contributed by atoms with van der Waals surface area (Å²) in [7, 11) is 3.67. The average Bonchev–Trinajstić information content (AvgIpc) is 2.99. The van der Waals surface area contributed by atoms with Crippen LogP contribution in [0.3, 0.4) is 0 Å². The molecule has 0 aliphatic rings. The predicted octanol–water partition coefficient (Wildman–Crippen LogP) is 2.50. The Labute approximate surface area is 135 Å². The third kappa shape index (κ3) is 4.12. The number of aryl methyl sites for hydroxylation is 3. The van der Waals surface area contributed by atoms with Crippen molar-refractivity contribution in [3.05, 3.63) is 47.6 Å². The summed E-state index contributed by atoms with van der Waals surface area (Å²) in [5, 5.41) is 2.86. The smallest absolute Gasteiger partial charge is 0.330 e. The molecule has 0 bridgehead atoms. The van der Waals surface area contributed by atoms with Gasteiger partial charge in [-0.05, 0) is 37.6 Å². The van der Waals surface area contributed by atoms with Crippen LogP contribution in [-0.2, 0) is 23.6 Å². The number of rotatable bonds is 5. The summed E-state index contributed by atoms with van der Waals surface area (Å²) < 4.78 is 8.45. The molecular formula is C17H21N3O3. The molecule has 1 amide bonds. The van der Waals surface area contributed by atoms with Crippen LogP contribution in [0.1, 0.15) is 28.7 Å². The van der Waals surface area contributed by atoms with Crippen molar-refractivity contribution >= 4 is 23.6 Å². The average molecular weight is 315 g/mol. The van der Waals surface area contributed by atoms with E-state index in [4.69, 9.17) is 4.74 Å². The standard InChI is InChI=1S/C17H21N3O3/c1-5-23-16(21)7-6-14-9-13(11-19(14)3)18-17(22)15-8-12(2)10-20(15)4/h6-11H,5H2,1-4H3,(H,18,22)/b7-6+. The fourth-order valence-electron chi connectivity index (χ4n) is 2.31. The fourth-order valence-corrected chi connectivity index (χ4v) is 2.31. The number of carbonyl (C=O) groups excluding carboxylic acids is 2. The van der Waals surface area contributed by atoms with E-state index in [2.05, 4.69) is 5.32 Å². The minimum atomic E-state index is -0.390. The summed E-state index contributed by atoms with van der Waals surface area (Å²) in [5.41, 5.74) is 3.08. The van der Waals surface area contributed by atoms with E-state index < -0.39 is 5.97 Å². The third-order valence-corrected chi connectivity index (χ3v) is 3.35. The van der Waals surface area contributed by atoms with Crippen molar-refractivity contribution in [2.45, 2.75) is 13.8 Å². The van der Waals surface area contributed by atoms with Gasteiger partial charge in [-0.25, -0.2) is 4.79 Å². The zero-order valence-electron chi connectivity index (χ0n) is 13.8. The van der Waals surface area contributed by atoms with Gasteiger partial charge in [0, 0.05) is 38.3 Å². The lowest BCUT2D eigenvalue weighted by molar-refractivity contribution is -0.137. The molecule has 0 aromatic carbocycles. The lowest BCUT2D eigenvalue weighted by Crippen LogP contribution is -2.14. The molecule has 2 rings (SSSR count). The Morgan fingerprint density at radius 3 is 2.57 bits per heavy atom. The van der Waals surface area contributed by atoms with Crippen molar-refractivity contribution in [3.8, 4) is 0 Å². The SMILES string of the molecule is CCOC(=O)/C=C/c1cc(NC(=O)c2cc(C)cn2C)cn1C. The van der Waals surface area contributed by atoms with Gasteiger partial charge in [0.25, 0.3) is 5.91 Å². The molecule has 6 nitrogen and oxygen atoms in total. The second-order valence-corrected chi connectivity index (χ2v) is 5.32. The first kappa shape index (κ1) is 16.6. The van der Waals surface area contributed by atoms with Crippen LogP contribution in [0.5, 0.6) is 0 Å². The van der Waals surface area contributed by atoms with Gasteiger partial charge >= 0.3 is 5.97 Å². The van der Waals surface area contributed by atoms with E-state index in [-0.39, 0.29) is 5.91 Å². The predicted molar refractivity (Wildman–Crippen MR) is 89.2 cm³/mol. The van der Waals surface area contributed by atoms with Crippen LogP contribution in [0.25, 0.3) is 6.08 Å². The number of aromatic nitrogens is 2. The zero-order chi connectivity index (χ0) is 17.0. The van der Waals surface area contributed by atoms with Crippen LogP contribution in [-0.4, -0.2) is 27.6 Å². The van der Waals surface area contributed by atoms with Crippen LogP contribution in [0.2, 0.25) is 0 Å². The van der Waals surface area contributed by atoms with Crippen LogP contribution in [0.15, 0.2) is 30.6 Å². The summed E-state index contributed by atoms with van der Waals surface area (Å²) in [5.74, 6) is -0.564. The van der Waals surface area contributed by atoms with Crippen molar-refractivity contribution in [2.75, 3.05) is 11.9 Å². The maximum absolute atomic E-state index is 12.3. The van der Waals surface area contributed by atoms with Gasteiger partial charge in [0.2, 0.25) is 0 Å². The van der Waals surface area contributed by atoms with Gasteiger partial charge in [-0.15, -0.1) is 0 Å². The first-order valence-electron chi connectivity index (χ1n) is 7.36.